The number of hydrogen-bond donors (Lipinski definition) is 6. The van der Waals surface area contributed by atoms with Crippen molar-refractivity contribution < 1.29 is 189 Å². The van der Waals surface area contributed by atoms with Gasteiger partial charge in [-0.25, -0.2) is 16.2 Å². The Labute approximate surface area is 741 Å². The predicted octanol–water partition coefficient (Wildman–Crippen LogP) is 7.81. The number of hydrogen-bond acceptors (Lipinski definition) is 31. The molecule has 2 aliphatic heterocycles. The molecular weight excluding hydrogens is 2000 g/mol. The normalized spacial score (nSPS) is 17.8. The maximum absolute atomic E-state index is 12.5. The Bertz CT molecular complexity index is 3730. The van der Waals surface area contributed by atoms with Crippen LogP contribution in [0.2, 0.25) is 44.3 Å². The summed E-state index contributed by atoms with van der Waals surface area (Å²) in [5.41, 5.74) is 24.7. The van der Waals surface area contributed by atoms with E-state index in [4.69, 9.17) is 116 Å². The molecule has 636 valence electrons. The van der Waals surface area contributed by atoms with Gasteiger partial charge in [0.25, 0.3) is 0 Å². The molecule has 0 amide bonds. The fourth-order valence-electron chi connectivity index (χ4n) is 11.9. The zero-order valence-electron chi connectivity index (χ0n) is 70.3. The number of nitrogens with one attached hydrogen (secondary N) is 2. The Kier molecular flexibility index (Phi) is 48.4. The van der Waals surface area contributed by atoms with E-state index in [1.54, 1.807) is 6.66 Å². The topological polar surface area (TPSA) is 497 Å². The largest absolute Gasteiger partial charge is 0.482 e. The molecule has 6 rings (SSSR count). The van der Waals surface area contributed by atoms with Crippen LogP contribution in [-0.2, 0) is 77.7 Å². The van der Waals surface area contributed by atoms with E-state index in [0.29, 0.717) is 0 Å². The minimum Gasteiger partial charge on any atom is -0.482 e. The van der Waals surface area contributed by atoms with Crippen LogP contribution >= 0.6 is 8.38 Å². The van der Waals surface area contributed by atoms with Crippen LogP contribution in [0.25, 0.3) is 16.3 Å². The van der Waals surface area contributed by atoms with Crippen molar-refractivity contribution in [1.82, 2.24) is 38.2 Å². The number of ether oxygens (including phenoxy) is 7. The van der Waals surface area contributed by atoms with E-state index in [2.05, 4.69) is 136 Å². The number of carbonyl (C=O) groups is 2. The van der Waals surface area contributed by atoms with Crippen LogP contribution in [0.1, 0.15) is 152 Å². The van der Waals surface area contributed by atoms with Gasteiger partial charge in [0.1, 0.15) is 56.4 Å². The first-order chi connectivity index (χ1) is 53.0. The molecular formula is C68H120Ac2N13O25PSi4-2. The van der Waals surface area contributed by atoms with Gasteiger partial charge < -0.3 is 126 Å². The average molecular weight is 2120 g/mol. The zero-order chi connectivity index (χ0) is 85.5. The Hall–Kier alpha value is -3.35. The number of anilines is 2. The van der Waals surface area contributed by atoms with Gasteiger partial charge in [-0.15, -0.1) is 0 Å². The first-order valence-electron chi connectivity index (χ1n) is 37.6. The average Bonchev–Trinajstić information content (AvgIpc) is 0.765. The summed E-state index contributed by atoms with van der Waals surface area (Å²) in [5, 5.41) is 36.7. The van der Waals surface area contributed by atoms with Crippen molar-refractivity contribution in [1.29, 1.82) is 0 Å². The maximum atomic E-state index is 12.5. The number of nitrogen functional groups attached to an aromatic ring is 2. The number of methoxy groups -OCH3 is 1. The van der Waals surface area contributed by atoms with Gasteiger partial charge in [-0.3, -0.25) is 37.4 Å². The van der Waals surface area contributed by atoms with Crippen molar-refractivity contribution in [2.75, 3.05) is 111 Å². The second-order valence-corrected chi connectivity index (χ2v) is 47.4. The fourth-order valence-corrected chi connectivity index (χ4v) is 34.9. The third kappa shape index (κ3) is 32.6. The smallest absolute Gasteiger partial charge is 0.351 e. The molecule has 0 bridgehead atoms. The van der Waals surface area contributed by atoms with Crippen molar-refractivity contribution >= 4 is 77.8 Å². The number of carbonyl (C=O) groups excluding carboxylic acids is 2. The first kappa shape index (κ1) is 104. The molecule has 4 aromatic rings. The van der Waals surface area contributed by atoms with Gasteiger partial charge in [-0.05, 0) is 68.6 Å². The molecule has 45 heteroatoms. The molecule has 7 unspecified atom stereocenters. The summed E-state index contributed by atoms with van der Waals surface area (Å²) < 4.78 is 109. The molecule has 4 aromatic heterocycles. The monoisotopic (exact) mass is 2120 g/mol. The number of rotatable bonds is 35. The SMILES string of the molecule is CC(=O)OCC(OC1CO[Si](C(C)C)(C(C)C)O[Si](C(C)C)(C(C)C)OC1)n1ccc([NH-])nc1=O.CC(C)[Si]1(C(C)C)OCC(OC(CO)n2ccc(N)nc2=O)CO[Si](C(C)C)(C(C)C)O1.Nc1ccn(C(CO)OC(CO)CO)c(=O)n1.[2H]C([3H])OC(COP(C)OCC[N+]#[C-])OC(COC(C)=O)n1ccc([NH-])nc1=O.[Ac].[Ac]. The van der Waals surface area contributed by atoms with Crippen LogP contribution in [0.3, 0.4) is 0 Å². The van der Waals surface area contributed by atoms with E-state index in [0.717, 1.165) is 9.13 Å². The molecule has 2 radical (unpaired) electrons. The molecule has 113 heavy (non-hydrogen) atoms. The minimum absolute atomic E-state index is 0. The van der Waals surface area contributed by atoms with Gasteiger partial charge in [0.15, 0.2) is 39.6 Å². The molecule has 38 nitrogen and oxygen atoms in total. The van der Waals surface area contributed by atoms with Crippen molar-refractivity contribution in [3.63, 3.8) is 0 Å². The van der Waals surface area contributed by atoms with Crippen LogP contribution < -0.4 is 34.2 Å². The third-order valence-corrected chi connectivity index (χ3v) is 39.1. The van der Waals surface area contributed by atoms with Crippen molar-refractivity contribution in [3.8, 4) is 0 Å². The van der Waals surface area contributed by atoms with E-state index in [1.807, 2.05) is 0 Å². The number of aliphatic hydroxyl groups excluding tert-OH is 4. The fraction of sp³-hybridized carbons (Fsp3) is 0.721. The quantitative estimate of drug-likeness (QED) is 0.00638. The van der Waals surface area contributed by atoms with Crippen molar-refractivity contribution in [3.05, 3.63) is 114 Å². The Balaban J connectivity index is 0.000000781. The van der Waals surface area contributed by atoms with Gasteiger partial charge in [-0.1, -0.05) is 122 Å². The second-order valence-electron chi connectivity index (χ2n) is 28.2. The van der Waals surface area contributed by atoms with Gasteiger partial charge in [0.2, 0.25) is 17.9 Å². The van der Waals surface area contributed by atoms with E-state index < -0.39 is 160 Å². The van der Waals surface area contributed by atoms with Gasteiger partial charge in [0, 0.05) is 140 Å². The predicted molar refractivity (Wildman–Crippen MR) is 421 cm³/mol. The Morgan fingerprint density at radius 2 is 0.894 bits per heavy atom. The molecule has 2 saturated heterocycles. The molecule has 6 heterocycles. The van der Waals surface area contributed by atoms with Gasteiger partial charge in [-0.2, -0.15) is 9.97 Å². The summed E-state index contributed by atoms with van der Waals surface area (Å²) >= 11 is 0. The summed E-state index contributed by atoms with van der Waals surface area (Å²) in [6.45, 7) is 43.9. The van der Waals surface area contributed by atoms with E-state index in [9.17, 15) is 33.9 Å². The second kappa shape index (κ2) is 52.6. The summed E-state index contributed by atoms with van der Waals surface area (Å²) in [6, 6.07) is 5.50. The minimum atomic E-state index is -2.74. The number of nitrogens with zero attached hydrogens (tertiary/aromatic N) is 9. The Morgan fingerprint density at radius 3 is 1.22 bits per heavy atom. The molecule has 0 aromatic carbocycles. The van der Waals surface area contributed by atoms with Crippen LogP contribution in [0.5, 0.6) is 0 Å². The van der Waals surface area contributed by atoms with Gasteiger partial charge >= 0.3 is 57.6 Å². The molecule has 2 fully saturated rings. The first-order valence-corrected chi connectivity index (χ1v) is 45.9. The number of aromatic nitrogens is 8. The molecule has 0 aliphatic carbocycles. The molecule has 0 saturated carbocycles. The van der Waals surface area contributed by atoms with Crippen LogP contribution in [0, 0.1) is 94.7 Å². The van der Waals surface area contributed by atoms with E-state index >= 15 is 0 Å². The molecule has 0 spiro atoms. The van der Waals surface area contributed by atoms with Crippen LogP contribution in [0.15, 0.2) is 68.2 Å². The standard InChI is InChI=1S/C23H43N3O7Si2.C21H41N3O6Si2.C15H23N4O7P.C9H15N3O5.2Ac/c1-15(2)34(16(3)4)30-12-20(13-31-35(33-34,17(5)6)18(7)8)32-22(14-29-19(9)27)26-11-10-21(24)25-23(26)28;1-14(2)31(15(3)4)27-12-18(13-28-32(30-31,16(5)6)17(7)8)29-20(11-25)24-10-9-19(22)23-21(24)26;1-11(20)23-9-13(19-7-5-12(16)18-15(19)21)26-14(22-3)10-25-27(4)24-8-6-17-2;10-7-1-2-12(9(16)11-7)8(5-15)17-6(3-13)4-14;;/h10-11,15-18,20,22H,12-14H2,1-9H3,(H2,24,25,28);9-10,14-18,20,25H,11-13H2,1-8H3,(H2,22,23,26);5,7,13-14H,6,8-10H2,1,3-4H3,(H2,16,18,21);1-2,6,8,13-15H,3-5H2,(H2,10,11,16);;/p-2/i;;3TD;;;. The summed E-state index contributed by atoms with van der Waals surface area (Å²) in [6.07, 6.45) is -1.80. The van der Waals surface area contributed by atoms with Crippen molar-refractivity contribution in [2.24, 2.45) is 0 Å². The van der Waals surface area contributed by atoms with Crippen molar-refractivity contribution in [2.45, 2.75) is 218 Å². The Morgan fingerprint density at radius 1 is 0.558 bits per heavy atom. The summed E-state index contributed by atoms with van der Waals surface area (Å²) in [7, 11) is -13.9. The van der Waals surface area contributed by atoms with Crippen LogP contribution in [-0.4, -0.2) is 229 Å². The molecule has 10 N–H and O–H groups in total. The maximum Gasteiger partial charge on any atom is 0.351 e. The zero-order valence-corrected chi connectivity index (χ0v) is 82.7. The summed E-state index contributed by atoms with van der Waals surface area (Å²) in [4.78, 5) is 88.5. The number of aliphatic hydroxyl groups is 4. The van der Waals surface area contributed by atoms with Gasteiger partial charge in [0.05, 0.1) is 55.6 Å². The number of esters is 2. The molecule has 2 aliphatic rings. The summed E-state index contributed by atoms with van der Waals surface area (Å²) in [5.74, 6) is -1.33. The molecule has 7 atom stereocenters. The third-order valence-electron chi connectivity index (χ3n) is 17.6. The van der Waals surface area contributed by atoms with E-state index in [-0.39, 0.29) is 215 Å². The number of nitrogens with two attached hydrogens (primary N) is 2. The van der Waals surface area contributed by atoms with E-state index in [1.165, 1.54) is 72.0 Å². The van der Waals surface area contributed by atoms with Crippen LogP contribution in [0.4, 0.5) is 23.3 Å².